The van der Waals surface area contributed by atoms with E-state index in [1.807, 2.05) is 0 Å². The largest absolute Gasteiger partial charge is 0.573 e. The Morgan fingerprint density at radius 1 is 1.25 bits per heavy atom. The average Bonchev–Trinajstić information content (AvgIpc) is 2.88. The molecule has 11 heteroatoms. The van der Waals surface area contributed by atoms with Crippen LogP contribution in [0.15, 0.2) is 53.7 Å². The number of ether oxygens (including phenoxy) is 1. The lowest BCUT2D eigenvalue weighted by molar-refractivity contribution is -0.274. The number of aromatic hydroxyl groups is 1. The molecule has 3 aromatic rings. The number of benzene rings is 1. The first-order chi connectivity index (χ1) is 13.2. The normalized spacial score (nSPS) is 11.4. The van der Waals surface area contributed by atoms with Crippen molar-refractivity contribution in [2.45, 2.75) is 12.9 Å². The highest BCUT2D eigenvalue weighted by atomic mass is 19.4. The lowest BCUT2D eigenvalue weighted by Crippen LogP contribution is -2.25. The van der Waals surface area contributed by atoms with Gasteiger partial charge in [0, 0.05) is 18.0 Å². The molecule has 146 valence electrons. The maximum absolute atomic E-state index is 12.6. The van der Waals surface area contributed by atoms with Gasteiger partial charge < -0.3 is 15.6 Å². The molecule has 0 fully saturated rings. The molecule has 0 spiro atoms. The van der Waals surface area contributed by atoms with Crippen molar-refractivity contribution in [2.75, 3.05) is 0 Å². The number of aromatic nitrogens is 3. The van der Waals surface area contributed by atoms with Crippen LogP contribution in [0, 0.1) is 5.41 Å². The third-order valence-corrected chi connectivity index (χ3v) is 3.81. The smallest absolute Gasteiger partial charge is 0.493 e. The number of nitrogens with zero attached hydrogens (tertiary/aromatic N) is 3. The van der Waals surface area contributed by atoms with Gasteiger partial charge in [-0.1, -0.05) is 0 Å². The summed E-state index contributed by atoms with van der Waals surface area (Å²) in [6.07, 6.45) is -0.794. The molecule has 0 saturated carbocycles. The van der Waals surface area contributed by atoms with E-state index in [-0.39, 0.29) is 18.1 Å². The Morgan fingerprint density at radius 3 is 2.54 bits per heavy atom. The van der Waals surface area contributed by atoms with Crippen molar-refractivity contribution in [3.8, 4) is 17.3 Å². The number of nitrogens with two attached hydrogens (primary N) is 1. The van der Waals surface area contributed by atoms with Crippen LogP contribution in [0.5, 0.6) is 11.6 Å². The summed E-state index contributed by atoms with van der Waals surface area (Å²) < 4.78 is 42.6. The van der Waals surface area contributed by atoms with Gasteiger partial charge in [0.25, 0.3) is 0 Å². The predicted octanol–water partition coefficient (Wildman–Crippen LogP) is 1.97. The van der Waals surface area contributed by atoms with E-state index in [0.717, 1.165) is 16.7 Å². The van der Waals surface area contributed by atoms with Crippen LogP contribution in [-0.2, 0) is 6.54 Å². The van der Waals surface area contributed by atoms with Gasteiger partial charge in [-0.3, -0.25) is 15.0 Å². The molecule has 0 unspecified atom stereocenters. The predicted molar refractivity (Wildman–Crippen MR) is 92.7 cm³/mol. The highest BCUT2D eigenvalue weighted by Gasteiger charge is 2.31. The number of hydrogen-bond donors (Lipinski definition) is 3. The summed E-state index contributed by atoms with van der Waals surface area (Å²) in [5, 5.41) is 17.7. The van der Waals surface area contributed by atoms with Gasteiger partial charge in [0.2, 0.25) is 5.88 Å². The second-order valence-electron chi connectivity index (χ2n) is 5.72. The Labute approximate surface area is 155 Å². The van der Waals surface area contributed by atoms with E-state index in [9.17, 15) is 23.1 Å². The zero-order valence-electron chi connectivity index (χ0n) is 14.1. The molecule has 4 N–H and O–H groups in total. The second-order valence-corrected chi connectivity index (χ2v) is 5.72. The lowest BCUT2D eigenvalue weighted by atomic mass is 10.1. The lowest BCUT2D eigenvalue weighted by Gasteiger charge is -2.09. The molecule has 2 heterocycles. The minimum absolute atomic E-state index is 0.00605. The first-order valence-electron chi connectivity index (χ1n) is 7.80. The molecule has 3 rings (SSSR count). The van der Waals surface area contributed by atoms with Crippen molar-refractivity contribution in [2.24, 2.45) is 5.73 Å². The Kier molecular flexibility index (Phi) is 4.82. The van der Waals surface area contributed by atoms with Crippen LogP contribution in [-0.4, -0.2) is 31.4 Å². The molecular formula is C17H14F3N5O3. The number of halogens is 3. The van der Waals surface area contributed by atoms with E-state index >= 15 is 0 Å². The van der Waals surface area contributed by atoms with Crippen molar-refractivity contribution in [3.05, 3.63) is 70.5 Å². The van der Waals surface area contributed by atoms with Gasteiger partial charge >= 0.3 is 12.1 Å². The van der Waals surface area contributed by atoms with Crippen LogP contribution in [0.4, 0.5) is 13.2 Å². The van der Waals surface area contributed by atoms with Crippen molar-refractivity contribution >= 4 is 5.84 Å². The van der Waals surface area contributed by atoms with E-state index in [1.54, 1.807) is 6.07 Å². The first kappa shape index (κ1) is 19.0. The molecule has 0 aliphatic rings. The summed E-state index contributed by atoms with van der Waals surface area (Å²) >= 11 is 0. The highest BCUT2D eigenvalue weighted by Crippen LogP contribution is 2.24. The molecule has 1 aromatic carbocycles. The standard InChI is InChI=1S/C17H14F3N5O3/c18-17(19,20)28-12-3-1-11(2-4-12)25-14(26)9-24(16(25)27)8-10-5-6-23-7-13(10)15(21)22/h1-7,9,26H,8H2,(H3,21,22). The van der Waals surface area contributed by atoms with Crippen LogP contribution >= 0.6 is 0 Å². The Balaban J connectivity index is 1.93. The molecule has 0 aliphatic heterocycles. The molecular weight excluding hydrogens is 379 g/mol. The van der Waals surface area contributed by atoms with Crippen LogP contribution < -0.4 is 16.2 Å². The summed E-state index contributed by atoms with van der Waals surface area (Å²) in [6, 6.07) is 6.06. The number of nitrogen functional groups attached to an aromatic ring is 1. The van der Waals surface area contributed by atoms with Gasteiger partial charge in [-0.05, 0) is 35.9 Å². The maximum Gasteiger partial charge on any atom is 0.573 e. The second kappa shape index (κ2) is 7.10. The van der Waals surface area contributed by atoms with Gasteiger partial charge in [0.05, 0.1) is 18.4 Å². The molecule has 0 saturated heterocycles. The van der Waals surface area contributed by atoms with E-state index in [4.69, 9.17) is 11.1 Å². The van der Waals surface area contributed by atoms with Gasteiger partial charge in [0.15, 0.2) is 0 Å². The molecule has 0 atom stereocenters. The minimum Gasteiger partial charge on any atom is -0.493 e. The summed E-state index contributed by atoms with van der Waals surface area (Å²) in [4.78, 5) is 16.5. The maximum atomic E-state index is 12.6. The molecule has 0 bridgehead atoms. The van der Waals surface area contributed by atoms with E-state index in [0.29, 0.717) is 11.1 Å². The fourth-order valence-corrected chi connectivity index (χ4v) is 2.62. The zero-order chi connectivity index (χ0) is 20.5. The molecule has 0 radical (unpaired) electrons. The average molecular weight is 393 g/mol. The SMILES string of the molecule is N=C(N)c1cnccc1Cn1cc(O)n(-c2ccc(OC(F)(F)F)cc2)c1=O. The number of nitrogens with one attached hydrogen (secondary N) is 1. The first-order valence-corrected chi connectivity index (χ1v) is 7.80. The Hall–Kier alpha value is -3.76. The van der Waals surface area contributed by atoms with Crippen LogP contribution in [0.1, 0.15) is 11.1 Å². The summed E-state index contributed by atoms with van der Waals surface area (Å²) in [7, 11) is 0. The number of hydrogen-bond acceptors (Lipinski definition) is 5. The number of imidazole rings is 1. The molecule has 8 nitrogen and oxygen atoms in total. The van der Waals surface area contributed by atoms with Crippen LogP contribution in [0.25, 0.3) is 5.69 Å². The highest BCUT2D eigenvalue weighted by molar-refractivity contribution is 5.96. The summed E-state index contributed by atoms with van der Waals surface area (Å²) in [5.41, 5.74) is 5.90. The fraction of sp³-hybridized carbons (Fsp3) is 0.118. The van der Waals surface area contributed by atoms with Crippen LogP contribution in [0.2, 0.25) is 0 Å². The number of alkyl halides is 3. The van der Waals surface area contributed by atoms with Crippen molar-refractivity contribution in [3.63, 3.8) is 0 Å². The minimum atomic E-state index is -4.83. The monoisotopic (exact) mass is 393 g/mol. The topological polar surface area (TPSA) is 119 Å². The van der Waals surface area contributed by atoms with Crippen molar-refractivity contribution < 1.29 is 23.0 Å². The number of pyridine rings is 1. The molecule has 28 heavy (non-hydrogen) atoms. The van der Waals surface area contributed by atoms with Gasteiger partial charge in [-0.15, -0.1) is 13.2 Å². The van der Waals surface area contributed by atoms with E-state index in [2.05, 4.69) is 9.72 Å². The number of rotatable bonds is 5. The van der Waals surface area contributed by atoms with Crippen molar-refractivity contribution in [1.82, 2.24) is 14.1 Å². The Bertz CT molecular complexity index is 1070. The van der Waals surface area contributed by atoms with Crippen molar-refractivity contribution in [1.29, 1.82) is 5.41 Å². The summed E-state index contributed by atoms with van der Waals surface area (Å²) in [5.74, 6) is -1.08. The quantitative estimate of drug-likeness (QED) is 0.452. The fourth-order valence-electron chi connectivity index (χ4n) is 2.62. The molecule has 0 amide bonds. The molecule has 2 aromatic heterocycles. The van der Waals surface area contributed by atoms with Gasteiger partial charge in [0.1, 0.15) is 11.6 Å². The van der Waals surface area contributed by atoms with Crippen LogP contribution in [0.3, 0.4) is 0 Å². The van der Waals surface area contributed by atoms with E-state index in [1.165, 1.54) is 35.3 Å². The third kappa shape index (κ3) is 3.98. The van der Waals surface area contributed by atoms with Gasteiger partial charge in [-0.25, -0.2) is 9.36 Å². The Morgan fingerprint density at radius 2 is 1.93 bits per heavy atom. The van der Waals surface area contributed by atoms with E-state index < -0.39 is 23.7 Å². The van der Waals surface area contributed by atoms with Gasteiger partial charge in [-0.2, -0.15) is 0 Å². The summed E-state index contributed by atoms with van der Waals surface area (Å²) in [6.45, 7) is 0.00605. The number of amidine groups is 1. The molecule has 0 aliphatic carbocycles. The third-order valence-electron chi connectivity index (χ3n) is 3.81. The zero-order valence-corrected chi connectivity index (χ0v) is 14.1.